The third kappa shape index (κ3) is 6.07. The van der Waals surface area contributed by atoms with Gasteiger partial charge in [0.1, 0.15) is 0 Å². The predicted octanol–water partition coefficient (Wildman–Crippen LogP) is 6.29. The molecule has 2 aliphatic rings. The second kappa shape index (κ2) is 10.9. The second-order valence-corrected chi connectivity index (χ2v) is 10.9. The van der Waals surface area contributed by atoms with E-state index in [2.05, 4.69) is 108 Å². The van der Waals surface area contributed by atoms with Crippen molar-refractivity contribution >= 4 is 11.8 Å². The highest BCUT2D eigenvalue weighted by molar-refractivity contribution is 8.01. The number of hydrogen-bond acceptors (Lipinski definition) is 4. The molecular formula is C29H33NO2S. The number of thioether (sulfide) groups is 1. The minimum absolute atomic E-state index is 0.131. The van der Waals surface area contributed by atoms with Gasteiger partial charge in [0.2, 0.25) is 0 Å². The number of likely N-dealkylation sites (tertiary alicyclic amines) is 1. The maximum Gasteiger partial charge on any atom is 0.0720 e. The Bertz CT molecular complexity index is 980. The fraction of sp³-hybridized carbons (Fsp3) is 0.379. The van der Waals surface area contributed by atoms with Crippen molar-refractivity contribution in [2.24, 2.45) is 0 Å². The van der Waals surface area contributed by atoms with Crippen LogP contribution < -0.4 is 0 Å². The van der Waals surface area contributed by atoms with Crippen LogP contribution in [0.25, 0.3) is 0 Å². The number of fused-ring (bicyclic) bond motifs is 2. The van der Waals surface area contributed by atoms with Crippen LogP contribution in [-0.4, -0.2) is 34.3 Å². The molecule has 0 amide bonds. The summed E-state index contributed by atoms with van der Waals surface area (Å²) in [5.41, 5.74) is 3.87. The van der Waals surface area contributed by atoms with Crippen LogP contribution in [0.5, 0.6) is 0 Å². The highest BCUT2D eigenvalue weighted by atomic mass is 32.2. The van der Waals surface area contributed by atoms with Gasteiger partial charge in [-0.25, -0.2) is 0 Å². The van der Waals surface area contributed by atoms with Gasteiger partial charge in [0, 0.05) is 17.8 Å². The minimum atomic E-state index is 0.131. The normalized spacial score (nSPS) is 25.1. The van der Waals surface area contributed by atoms with Crippen molar-refractivity contribution in [3.63, 3.8) is 0 Å². The second-order valence-electron chi connectivity index (χ2n) is 9.30. The first-order chi connectivity index (χ1) is 16.3. The van der Waals surface area contributed by atoms with Crippen molar-refractivity contribution in [2.45, 2.75) is 55.2 Å². The Morgan fingerprint density at radius 2 is 1.39 bits per heavy atom. The molecule has 0 N–H and O–H groups in total. The smallest absolute Gasteiger partial charge is 0.0720 e. The number of rotatable bonds is 9. The molecule has 0 unspecified atom stereocenters. The van der Waals surface area contributed by atoms with Crippen molar-refractivity contribution in [3.8, 4) is 0 Å². The molecule has 3 atom stereocenters. The predicted molar refractivity (Wildman–Crippen MR) is 136 cm³/mol. The molecule has 4 heteroatoms. The van der Waals surface area contributed by atoms with E-state index in [9.17, 15) is 0 Å². The van der Waals surface area contributed by atoms with Crippen LogP contribution in [0.3, 0.4) is 0 Å². The van der Waals surface area contributed by atoms with Crippen molar-refractivity contribution in [2.75, 3.05) is 13.2 Å². The number of nitrogens with zero attached hydrogens (tertiary/aromatic N) is 1. The lowest BCUT2D eigenvalue weighted by atomic mass is 9.92. The number of ether oxygens (including phenoxy) is 2. The van der Waals surface area contributed by atoms with Crippen LogP contribution in [0, 0.1) is 0 Å². The monoisotopic (exact) mass is 459 g/mol. The average Bonchev–Trinajstić information content (AvgIpc) is 2.87. The fourth-order valence-electron chi connectivity index (χ4n) is 4.99. The van der Waals surface area contributed by atoms with E-state index in [-0.39, 0.29) is 10.9 Å². The zero-order chi connectivity index (χ0) is 22.3. The number of hydrogen-bond donors (Lipinski definition) is 0. The van der Waals surface area contributed by atoms with Crippen LogP contribution >= 0.6 is 11.8 Å². The Morgan fingerprint density at radius 3 is 2.06 bits per heavy atom. The molecular weight excluding hydrogens is 426 g/mol. The Balaban J connectivity index is 1.26. The summed E-state index contributed by atoms with van der Waals surface area (Å²) in [6, 6.07) is 31.9. The molecule has 0 aliphatic carbocycles. The van der Waals surface area contributed by atoms with Gasteiger partial charge < -0.3 is 9.47 Å². The molecule has 172 valence electrons. The molecule has 3 aromatic carbocycles. The van der Waals surface area contributed by atoms with E-state index in [4.69, 9.17) is 9.47 Å². The maximum atomic E-state index is 6.50. The van der Waals surface area contributed by atoms with Crippen molar-refractivity contribution in [3.05, 3.63) is 108 Å². The van der Waals surface area contributed by atoms with Gasteiger partial charge in [0.05, 0.1) is 31.3 Å². The molecule has 2 saturated heterocycles. The van der Waals surface area contributed by atoms with Crippen molar-refractivity contribution in [1.29, 1.82) is 0 Å². The molecule has 2 heterocycles. The molecule has 0 radical (unpaired) electrons. The molecule has 0 saturated carbocycles. The summed E-state index contributed by atoms with van der Waals surface area (Å²) in [5, 5.41) is 0.466. The lowest BCUT2D eigenvalue weighted by Crippen LogP contribution is -2.54. The minimum Gasteiger partial charge on any atom is -0.375 e. The van der Waals surface area contributed by atoms with Gasteiger partial charge in [-0.3, -0.25) is 4.90 Å². The van der Waals surface area contributed by atoms with E-state index in [0.29, 0.717) is 18.6 Å². The van der Waals surface area contributed by atoms with Gasteiger partial charge in [-0.2, -0.15) is 0 Å². The zero-order valence-corrected chi connectivity index (χ0v) is 20.0. The first kappa shape index (κ1) is 22.7. The Labute approximate surface area is 202 Å². The van der Waals surface area contributed by atoms with E-state index in [0.717, 1.165) is 39.0 Å². The summed E-state index contributed by atoms with van der Waals surface area (Å²) < 4.78 is 12.9. The Hall–Kier alpha value is -2.11. The largest absolute Gasteiger partial charge is 0.375 e. The molecule has 0 aromatic heterocycles. The summed E-state index contributed by atoms with van der Waals surface area (Å²) in [7, 11) is 0. The molecule has 2 bridgehead atoms. The third-order valence-electron chi connectivity index (χ3n) is 6.75. The molecule has 0 spiro atoms. The lowest BCUT2D eigenvalue weighted by Gasteiger charge is -2.52. The molecule has 33 heavy (non-hydrogen) atoms. The average molecular weight is 460 g/mol. The molecule has 5 rings (SSSR count). The molecule has 2 aliphatic heterocycles. The third-order valence-corrected chi connectivity index (χ3v) is 8.50. The Morgan fingerprint density at radius 1 is 0.788 bits per heavy atom. The number of benzene rings is 3. The molecule has 2 fully saturated rings. The van der Waals surface area contributed by atoms with E-state index in [1.165, 1.54) is 16.7 Å². The van der Waals surface area contributed by atoms with E-state index < -0.39 is 0 Å². The lowest BCUT2D eigenvalue weighted by molar-refractivity contribution is -0.0201. The van der Waals surface area contributed by atoms with Gasteiger partial charge in [-0.1, -0.05) is 91.0 Å². The highest BCUT2D eigenvalue weighted by Gasteiger charge is 2.47. The summed E-state index contributed by atoms with van der Waals surface area (Å²) in [5.74, 6) is 0. The SMILES string of the molecule is c1ccc(COC[C@@]23CCN(Cc4ccccc4)[C@@H](C[C@@H](OCc4ccccc4)C2)S3)cc1. The zero-order valence-electron chi connectivity index (χ0n) is 19.1. The molecule has 3 nitrogen and oxygen atoms in total. The maximum absolute atomic E-state index is 6.50. The van der Waals surface area contributed by atoms with Crippen molar-refractivity contribution in [1.82, 2.24) is 4.90 Å². The van der Waals surface area contributed by atoms with Crippen LogP contribution in [0.1, 0.15) is 36.0 Å². The summed E-state index contributed by atoms with van der Waals surface area (Å²) in [6.07, 6.45) is 3.54. The summed E-state index contributed by atoms with van der Waals surface area (Å²) in [6.45, 7) is 4.27. The highest BCUT2D eigenvalue weighted by Crippen LogP contribution is 2.49. The van der Waals surface area contributed by atoms with Gasteiger partial charge in [-0.15, -0.1) is 11.8 Å². The molecule has 3 aromatic rings. The van der Waals surface area contributed by atoms with Gasteiger partial charge >= 0.3 is 0 Å². The van der Waals surface area contributed by atoms with Gasteiger partial charge in [0.25, 0.3) is 0 Å². The van der Waals surface area contributed by atoms with Gasteiger partial charge in [0.15, 0.2) is 0 Å². The summed E-state index contributed by atoms with van der Waals surface area (Å²) in [4.78, 5) is 2.65. The van der Waals surface area contributed by atoms with Crippen molar-refractivity contribution < 1.29 is 9.47 Å². The fourth-order valence-corrected chi connectivity index (χ4v) is 6.85. The summed E-state index contributed by atoms with van der Waals surface area (Å²) >= 11 is 2.13. The quantitative estimate of drug-likeness (QED) is 0.375. The van der Waals surface area contributed by atoms with Crippen LogP contribution in [0.4, 0.5) is 0 Å². The first-order valence-corrected chi connectivity index (χ1v) is 12.9. The van der Waals surface area contributed by atoms with E-state index in [1.807, 2.05) is 0 Å². The topological polar surface area (TPSA) is 21.7 Å². The first-order valence-electron chi connectivity index (χ1n) is 12.0. The van der Waals surface area contributed by atoms with E-state index in [1.54, 1.807) is 0 Å². The van der Waals surface area contributed by atoms with Crippen LogP contribution in [-0.2, 0) is 29.2 Å². The van der Waals surface area contributed by atoms with Crippen LogP contribution in [0.2, 0.25) is 0 Å². The Kier molecular flexibility index (Phi) is 7.47. The standard InChI is InChI=1S/C29H33NO2S/c1-4-10-24(11-5-1)20-30-17-16-29(23-31-21-25-12-6-2-7-13-25)19-27(18-28(30)33-29)32-22-26-14-8-3-9-15-26/h1-15,27-28H,16-23H2/t27-,28-,29-/m1/s1. The van der Waals surface area contributed by atoms with Gasteiger partial charge in [-0.05, 0) is 36.0 Å². The van der Waals surface area contributed by atoms with Crippen LogP contribution in [0.15, 0.2) is 91.0 Å². The van der Waals surface area contributed by atoms with E-state index >= 15 is 0 Å².